The van der Waals surface area contributed by atoms with Crippen molar-refractivity contribution in [2.45, 2.75) is 63.2 Å². The largest absolute Gasteiger partial charge is 0.494 e. The Hall–Kier alpha value is -7.14. The molecule has 2 aromatic carbocycles. The van der Waals surface area contributed by atoms with Crippen molar-refractivity contribution in [3.63, 3.8) is 0 Å². The maximum Gasteiger partial charge on any atom is 0.262 e. The van der Waals surface area contributed by atoms with Crippen LogP contribution < -0.4 is 19.5 Å². The van der Waals surface area contributed by atoms with Gasteiger partial charge in [-0.1, -0.05) is 18.1 Å². The lowest BCUT2D eigenvalue weighted by atomic mass is 9.92. The van der Waals surface area contributed by atoms with Crippen LogP contribution in [0.5, 0.6) is 17.4 Å². The number of ether oxygens (including phenoxy) is 3. The van der Waals surface area contributed by atoms with Gasteiger partial charge in [-0.05, 0) is 67.1 Å². The lowest BCUT2D eigenvalue weighted by Crippen LogP contribution is -2.54. The van der Waals surface area contributed by atoms with Crippen LogP contribution in [-0.4, -0.2) is 77.9 Å². The summed E-state index contributed by atoms with van der Waals surface area (Å²) in [7, 11) is 2.07. The molecular formula is C44H37N7O7. The van der Waals surface area contributed by atoms with E-state index in [0.717, 1.165) is 51.7 Å². The highest BCUT2D eigenvalue weighted by Crippen LogP contribution is 2.34. The van der Waals surface area contributed by atoms with Crippen LogP contribution in [0, 0.1) is 11.8 Å². The van der Waals surface area contributed by atoms with Crippen LogP contribution in [0.4, 0.5) is 0 Å². The minimum absolute atomic E-state index is 0.00191. The van der Waals surface area contributed by atoms with Crippen LogP contribution in [-0.2, 0) is 16.6 Å². The second-order valence-electron chi connectivity index (χ2n) is 14.5. The second kappa shape index (κ2) is 15.4. The molecule has 4 amide bonds. The van der Waals surface area contributed by atoms with Gasteiger partial charge in [-0.2, -0.15) is 0 Å². The SMILES string of the molecule is Cn1c2ccncc2c2ccc(-c3ccc(O[C@H]4C[C@H](Oc5cnc(C#CCCCCOc6ccc7c(c6)C(=O)N(C6CCC(=O)NC6=O)C7=O)nc5)C4)nc3)cc21. The van der Waals surface area contributed by atoms with Gasteiger partial charge in [0.2, 0.25) is 23.5 Å². The first-order valence-corrected chi connectivity index (χ1v) is 19.2. The third kappa shape index (κ3) is 7.18. The summed E-state index contributed by atoms with van der Waals surface area (Å²) in [5.41, 5.74) is 4.79. The summed E-state index contributed by atoms with van der Waals surface area (Å²) in [5.74, 6) is 5.91. The molecule has 6 heterocycles. The van der Waals surface area contributed by atoms with Gasteiger partial charge >= 0.3 is 0 Å². The normalized spacial score (nSPS) is 18.7. The molecule has 1 aliphatic carbocycles. The van der Waals surface area contributed by atoms with Crippen LogP contribution in [0.3, 0.4) is 0 Å². The molecule has 2 fully saturated rings. The van der Waals surface area contributed by atoms with E-state index in [1.807, 2.05) is 36.8 Å². The number of imide groups is 2. The quantitative estimate of drug-likeness (QED) is 0.0993. The molecule has 1 unspecified atom stereocenters. The number of carbonyl (C=O) groups excluding carboxylic acids is 4. The predicted molar refractivity (Wildman–Crippen MR) is 211 cm³/mol. The van der Waals surface area contributed by atoms with Crippen molar-refractivity contribution < 1.29 is 33.4 Å². The number of aromatic nitrogens is 5. The zero-order valence-corrected chi connectivity index (χ0v) is 31.5. The smallest absolute Gasteiger partial charge is 0.262 e. The van der Waals surface area contributed by atoms with Gasteiger partial charge in [-0.3, -0.25) is 34.4 Å². The third-order valence-corrected chi connectivity index (χ3v) is 10.7. The van der Waals surface area contributed by atoms with Gasteiger partial charge in [0.05, 0.1) is 35.6 Å². The van der Waals surface area contributed by atoms with Crippen molar-refractivity contribution in [3.8, 4) is 40.3 Å². The molecule has 0 bridgehead atoms. The fourth-order valence-electron chi connectivity index (χ4n) is 7.56. The Labute approximate surface area is 332 Å². The predicted octanol–water partition coefficient (Wildman–Crippen LogP) is 5.57. The molecule has 14 nitrogen and oxygen atoms in total. The van der Waals surface area contributed by atoms with Crippen molar-refractivity contribution in [1.82, 2.24) is 34.7 Å². The number of piperidine rings is 1. The number of fused-ring (bicyclic) bond motifs is 4. The van der Waals surface area contributed by atoms with E-state index in [1.54, 1.807) is 18.5 Å². The number of nitrogens with zero attached hydrogens (tertiary/aromatic N) is 6. The van der Waals surface area contributed by atoms with Crippen molar-refractivity contribution in [2.24, 2.45) is 7.05 Å². The highest BCUT2D eigenvalue weighted by molar-refractivity contribution is 6.23. The first-order valence-electron chi connectivity index (χ1n) is 19.2. The molecular weight excluding hydrogens is 739 g/mol. The van der Waals surface area contributed by atoms with Gasteiger partial charge in [0.1, 0.15) is 24.0 Å². The molecule has 1 saturated carbocycles. The van der Waals surface area contributed by atoms with Crippen molar-refractivity contribution in [3.05, 3.63) is 103 Å². The van der Waals surface area contributed by atoms with Crippen LogP contribution in [0.15, 0.2) is 85.6 Å². The Morgan fingerprint density at radius 1 is 0.776 bits per heavy atom. The summed E-state index contributed by atoms with van der Waals surface area (Å²) in [6, 6.07) is 16.1. The molecule has 3 aliphatic rings. The number of nitrogens with one attached hydrogen (secondary N) is 1. The van der Waals surface area contributed by atoms with Crippen LogP contribution in [0.1, 0.15) is 71.5 Å². The number of hydrogen-bond donors (Lipinski definition) is 1. The summed E-state index contributed by atoms with van der Waals surface area (Å²) in [4.78, 5) is 68.2. The van der Waals surface area contributed by atoms with E-state index >= 15 is 0 Å². The van der Waals surface area contributed by atoms with E-state index < -0.39 is 29.7 Å². The molecule has 0 spiro atoms. The fraction of sp³-hybridized carbons (Fsp3) is 0.273. The maximum absolute atomic E-state index is 13.0. The van der Waals surface area contributed by atoms with E-state index in [4.69, 9.17) is 14.2 Å². The van der Waals surface area contributed by atoms with Crippen LogP contribution >= 0.6 is 0 Å². The Morgan fingerprint density at radius 2 is 1.59 bits per heavy atom. The molecule has 14 heteroatoms. The number of unbranched alkanes of at least 4 members (excludes halogenated alkanes) is 2. The molecule has 0 radical (unpaired) electrons. The number of amides is 4. The summed E-state index contributed by atoms with van der Waals surface area (Å²) < 4.78 is 20.2. The van der Waals surface area contributed by atoms with Crippen molar-refractivity contribution >= 4 is 45.4 Å². The average Bonchev–Trinajstić information content (AvgIpc) is 3.65. The zero-order valence-electron chi connectivity index (χ0n) is 31.5. The number of pyridine rings is 2. The van der Waals surface area contributed by atoms with Crippen LogP contribution in [0.25, 0.3) is 32.9 Å². The third-order valence-electron chi connectivity index (χ3n) is 10.7. The van der Waals surface area contributed by atoms with E-state index in [9.17, 15) is 19.2 Å². The molecule has 6 aromatic rings. The van der Waals surface area contributed by atoms with E-state index in [2.05, 4.69) is 66.9 Å². The Bertz CT molecular complexity index is 2660. The van der Waals surface area contributed by atoms with E-state index in [0.29, 0.717) is 42.7 Å². The molecule has 58 heavy (non-hydrogen) atoms. The standard InChI is InChI=1S/C44H37N7O7/c1-50-36-15-16-45-25-35(36)32-10-7-26(18-38(32)50)27-8-14-41(48-22-27)58-30-19-29(20-30)57-31-23-46-39(47-24-31)6-4-2-3-5-17-56-28-9-11-33-34(21-28)44(55)51(43(33)54)37-12-13-40(52)49-42(37)53/h7-11,14-16,18,21-25,29-30,37H,2-3,5,12-13,17,19-20H2,1H3,(H,49,52,53)/t29-,30-,37?. The van der Waals surface area contributed by atoms with Gasteiger partial charge in [0, 0.05) is 79.2 Å². The Balaban J connectivity index is 0.683. The number of hydrogen-bond acceptors (Lipinski definition) is 11. The van der Waals surface area contributed by atoms with E-state index in [-0.39, 0.29) is 36.2 Å². The van der Waals surface area contributed by atoms with Crippen molar-refractivity contribution in [2.75, 3.05) is 6.61 Å². The second-order valence-corrected chi connectivity index (χ2v) is 14.5. The summed E-state index contributed by atoms with van der Waals surface area (Å²) >= 11 is 0. The Kier molecular flexibility index (Phi) is 9.70. The molecule has 9 rings (SSSR count). The lowest BCUT2D eigenvalue weighted by molar-refractivity contribution is -0.136. The minimum atomic E-state index is -1.01. The first-order chi connectivity index (χ1) is 28.3. The summed E-state index contributed by atoms with van der Waals surface area (Å²) in [5, 5.41) is 4.51. The van der Waals surface area contributed by atoms with Crippen LogP contribution in [0.2, 0.25) is 0 Å². The highest BCUT2D eigenvalue weighted by atomic mass is 16.5. The molecule has 1 N–H and O–H groups in total. The number of aryl methyl sites for hydroxylation is 1. The minimum Gasteiger partial charge on any atom is -0.494 e. The molecule has 4 aromatic heterocycles. The highest BCUT2D eigenvalue weighted by Gasteiger charge is 2.44. The topological polar surface area (TPSA) is 168 Å². The lowest BCUT2D eigenvalue weighted by Gasteiger charge is -2.34. The summed E-state index contributed by atoms with van der Waals surface area (Å²) in [6.07, 6.45) is 12.6. The van der Waals surface area contributed by atoms with Gasteiger partial charge in [-0.15, -0.1) is 0 Å². The van der Waals surface area contributed by atoms with Crippen molar-refractivity contribution in [1.29, 1.82) is 0 Å². The number of rotatable bonds is 11. The number of carbonyl (C=O) groups is 4. The monoisotopic (exact) mass is 775 g/mol. The molecule has 1 saturated heterocycles. The van der Waals surface area contributed by atoms with Gasteiger partial charge in [-0.25, -0.2) is 15.0 Å². The average molecular weight is 776 g/mol. The van der Waals surface area contributed by atoms with Gasteiger partial charge < -0.3 is 18.8 Å². The maximum atomic E-state index is 13.0. The fourth-order valence-corrected chi connectivity index (χ4v) is 7.56. The summed E-state index contributed by atoms with van der Waals surface area (Å²) in [6.45, 7) is 0.389. The first kappa shape index (κ1) is 36.5. The Morgan fingerprint density at radius 3 is 2.40 bits per heavy atom. The van der Waals surface area contributed by atoms with Gasteiger partial charge in [0.15, 0.2) is 5.75 Å². The molecule has 1 atom stereocenters. The zero-order chi connectivity index (χ0) is 39.8. The molecule has 290 valence electrons. The van der Waals surface area contributed by atoms with Gasteiger partial charge in [0.25, 0.3) is 11.8 Å². The van der Waals surface area contributed by atoms with E-state index in [1.165, 1.54) is 17.5 Å². The number of benzene rings is 2. The molecule has 2 aliphatic heterocycles.